The lowest BCUT2D eigenvalue weighted by Crippen LogP contribution is -2.15. The summed E-state index contributed by atoms with van der Waals surface area (Å²) in [6, 6.07) is 19.4. The van der Waals surface area contributed by atoms with Gasteiger partial charge in [0, 0.05) is 28.4 Å². The number of nitrogens with one attached hydrogen (secondary N) is 2. The average molecular weight is 473 g/mol. The van der Waals surface area contributed by atoms with Gasteiger partial charge < -0.3 is 5.32 Å². The largest absolute Gasteiger partial charge is 0.326 e. The Balaban J connectivity index is 1.35. The number of aromatic nitrogens is 3. The summed E-state index contributed by atoms with van der Waals surface area (Å²) in [5, 5.41) is 12.7. The Bertz CT molecular complexity index is 1200. The molecule has 0 aliphatic rings. The number of halogens is 1. The molecule has 2 N–H and O–H groups in total. The van der Waals surface area contributed by atoms with E-state index in [-0.39, 0.29) is 5.91 Å². The molecule has 2 heterocycles. The van der Waals surface area contributed by atoms with Gasteiger partial charge in [-0.15, -0.1) is 11.3 Å². The van der Waals surface area contributed by atoms with Gasteiger partial charge in [-0.25, -0.2) is 0 Å². The number of carbonyl (C=O) groups excluding carboxylic acids is 1. The first kappa shape index (κ1) is 20.9. The highest BCUT2D eigenvalue weighted by molar-refractivity contribution is 7.99. The molecule has 0 saturated carbocycles. The number of anilines is 1. The van der Waals surface area contributed by atoms with E-state index >= 15 is 0 Å². The van der Waals surface area contributed by atoms with E-state index in [1.165, 1.54) is 0 Å². The molecule has 0 fully saturated rings. The van der Waals surface area contributed by atoms with Crippen molar-refractivity contribution in [1.82, 2.24) is 14.8 Å². The first-order chi connectivity index (χ1) is 14.6. The van der Waals surface area contributed by atoms with E-state index < -0.39 is 0 Å². The van der Waals surface area contributed by atoms with E-state index in [0.717, 1.165) is 31.2 Å². The smallest absolute Gasteiger partial charge is 0.226 e. The fourth-order valence-electron chi connectivity index (χ4n) is 2.82. The van der Waals surface area contributed by atoms with E-state index in [9.17, 15) is 4.79 Å². The van der Waals surface area contributed by atoms with Gasteiger partial charge in [0.1, 0.15) is 0 Å². The molecule has 4 rings (SSSR count). The summed E-state index contributed by atoms with van der Waals surface area (Å²) < 4.78 is 2.36. The van der Waals surface area contributed by atoms with Crippen LogP contribution in [-0.2, 0) is 11.3 Å². The Morgan fingerprint density at radius 3 is 2.70 bits per heavy atom. The minimum atomic E-state index is -0.0817. The molecular weight excluding hydrogens is 456 g/mol. The van der Waals surface area contributed by atoms with Crippen LogP contribution in [0.15, 0.2) is 75.8 Å². The number of aromatic amines is 1. The second-order valence-electron chi connectivity index (χ2n) is 6.34. The van der Waals surface area contributed by atoms with Crippen LogP contribution in [0.4, 0.5) is 5.69 Å². The lowest BCUT2D eigenvalue weighted by Gasteiger charge is -2.08. The minimum Gasteiger partial charge on any atom is -0.326 e. The molecule has 5 nitrogen and oxygen atoms in total. The monoisotopic (exact) mass is 472 g/mol. The Labute approximate surface area is 192 Å². The molecule has 9 heteroatoms. The first-order valence-electron chi connectivity index (χ1n) is 9.11. The molecule has 30 heavy (non-hydrogen) atoms. The topological polar surface area (TPSA) is 62.7 Å². The van der Waals surface area contributed by atoms with Gasteiger partial charge in [0.2, 0.25) is 5.91 Å². The molecule has 2 aromatic heterocycles. The van der Waals surface area contributed by atoms with Crippen LogP contribution in [0.25, 0.3) is 10.7 Å². The first-order valence-corrected chi connectivity index (χ1v) is 11.6. The molecule has 152 valence electrons. The second kappa shape index (κ2) is 9.61. The number of hydrogen-bond acceptors (Lipinski definition) is 5. The molecule has 0 aliphatic carbocycles. The van der Waals surface area contributed by atoms with E-state index in [2.05, 4.69) is 15.5 Å². The molecule has 0 atom stereocenters. The number of carbonyl (C=O) groups is 1. The summed E-state index contributed by atoms with van der Waals surface area (Å²) in [4.78, 5) is 15.5. The molecular formula is C21H17ClN4OS3. The molecule has 4 aromatic rings. The van der Waals surface area contributed by atoms with Gasteiger partial charge in [-0.05, 0) is 60.1 Å². The normalized spacial score (nSPS) is 10.8. The van der Waals surface area contributed by atoms with Crippen LogP contribution in [0, 0.1) is 4.77 Å². The number of rotatable bonds is 7. The van der Waals surface area contributed by atoms with Crippen LogP contribution >= 0.6 is 46.9 Å². The predicted octanol–water partition coefficient (Wildman–Crippen LogP) is 6.50. The summed E-state index contributed by atoms with van der Waals surface area (Å²) in [5.41, 5.74) is 0.748. The van der Waals surface area contributed by atoms with Crippen molar-refractivity contribution in [3.05, 3.63) is 75.8 Å². The Morgan fingerprint density at radius 1 is 1.17 bits per heavy atom. The molecule has 0 unspecified atom stereocenters. The van der Waals surface area contributed by atoms with Gasteiger partial charge in [0.05, 0.1) is 9.90 Å². The number of hydrogen-bond donors (Lipinski definition) is 2. The van der Waals surface area contributed by atoms with Crippen LogP contribution in [0.2, 0.25) is 5.02 Å². The van der Waals surface area contributed by atoms with Gasteiger partial charge in [-0.3, -0.25) is 14.5 Å². The maximum absolute atomic E-state index is 12.4. The van der Waals surface area contributed by atoms with Crippen LogP contribution in [0.5, 0.6) is 0 Å². The van der Waals surface area contributed by atoms with Crippen LogP contribution in [0.1, 0.15) is 6.42 Å². The fourth-order valence-corrected chi connectivity index (χ4v) is 4.85. The maximum atomic E-state index is 12.4. The number of benzene rings is 2. The number of nitrogens with zero attached hydrogens (tertiary/aromatic N) is 2. The molecule has 0 spiro atoms. The molecule has 0 saturated heterocycles. The van der Waals surface area contributed by atoms with Crippen LogP contribution in [-0.4, -0.2) is 20.7 Å². The molecule has 0 aliphatic heterocycles. The van der Waals surface area contributed by atoms with E-state index in [1.807, 2.05) is 70.6 Å². The van der Waals surface area contributed by atoms with Gasteiger partial charge in [-0.1, -0.05) is 41.6 Å². The summed E-state index contributed by atoms with van der Waals surface area (Å²) in [6.07, 6.45) is 0.294. The summed E-state index contributed by atoms with van der Waals surface area (Å²) in [5.74, 6) is 0.672. The third-order valence-electron chi connectivity index (χ3n) is 4.26. The fraction of sp³-hybridized carbons (Fsp3) is 0.0952. The lowest BCUT2D eigenvalue weighted by atomic mass is 10.3. The Hall–Kier alpha value is -2.39. The van der Waals surface area contributed by atoms with Crippen molar-refractivity contribution >= 4 is 58.5 Å². The highest BCUT2D eigenvalue weighted by Crippen LogP contribution is 2.33. The number of thiophene rings is 1. The third-order valence-corrected chi connectivity index (χ3v) is 6.97. The van der Waals surface area contributed by atoms with Crippen LogP contribution in [0.3, 0.4) is 0 Å². The number of H-pyrrole nitrogens is 1. The SMILES string of the molecule is O=C(CCn1c(-c2cccs2)n[nH]c1=S)Nc1ccc(Sc2ccccc2Cl)cc1. The van der Waals surface area contributed by atoms with Crippen LogP contribution < -0.4 is 5.32 Å². The summed E-state index contributed by atoms with van der Waals surface area (Å²) in [7, 11) is 0. The average Bonchev–Trinajstić information content (AvgIpc) is 3.39. The second-order valence-corrected chi connectivity index (χ2v) is 9.19. The van der Waals surface area contributed by atoms with Gasteiger partial charge in [0.15, 0.2) is 10.6 Å². The highest BCUT2D eigenvalue weighted by atomic mass is 35.5. The Morgan fingerprint density at radius 2 is 1.97 bits per heavy atom. The minimum absolute atomic E-state index is 0.0817. The zero-order valence-corrected chi connectivity index (χ0v) is 18.9. The van der Waals surface area contributed by atoms with Crippen molar-refractivity contribution in [3.63, 3.8) is 0 Å². The van der Waals surface area contributed by atoms with Gasteiger partial charge in [-0.2, -0.15) is 5.10 Å². The van der Waals surface area contributed by atoms with Gasteiger partial charge in [0.25, 0.3) is 0 Å². The number of amides is 1. The molecule has 1 amide bonds. The zero-order chi connectivity index (χ0) is 20.9. The molecule has 0 radical (unpaired) electrons. The van der Waals surface area contributed by atoms with Crippen molar-refractivity contribution in [1.29, 1.82) is 0 Å². The molecule has 2 aromatic carbocycles. The van der Waals surface area contributed by atoms with E-state index in [4.69, 9.17) is 23.8 Å². The molecule has 0 bridgehead atoms. The Kier molecular flexibility index (Phi) is 6.69. The van der Waals surface area contributed by atoms with Crippen molar-refractivity contribution in [3.8, 4) is 10.7 Å². The maximum Gasteiger partial charge on any atom is 0.226 e. The van der Waals surface area contributed by atoms with Crippen molar-refractivity contribution < 1.29 is 4.79 Å². The van der Waals surface area contributed by atoms with E-state index in [0.29, 0.717) is 17.7 Å². The summed E-state index contributed by atoms with van der Waals surface area (Å²) >= 11 is 14.7. The van der Waals surface area contributed by atoms with Crippen molar-refractivity contribution in [2.75, 3.05) is 5.32 Å². The van der Waals surface area contributed by atoms with Gasteiger partial charge >= 0.3 is 0 Å². The third kappa shape index (κ3) is 5.02. The highest BCUT2D eigenvalue weighted by Gasteiger charge is 2.11. The quantitative estimate of drug-likeness (QED) is 0.301. The van der Waals surface area contributed by atoms with E-state index in [1.54, 1.807) is 23.1 Å². The lowest BCUT2D eigenvalue weighted by molar-refractivity contribution is -0.116. The van der Waals surface area contributed by atoms with Crippen molar-refractivity contribution in [2.45, 2.75) is 22.8 Å². The predicted molar refractivity (Wildman–Crippen MR) is 126 cm³/mol. The standard InChI is InChI=1S/C21H17ClN4OS3/c22-16-4-1-2-5-17(16)30-15-9-7-14(8-10-15)23-19(27)11-12-26-20(24-25-21(26)28)18-6-3-13-29-18/h1-10,13H,11-12H2,(H,23,27)(H,25,28). The zero-order valence-electron chi connectivity index (χ0n) is 15.7. The van der Waals surface area contributed by atoms with Crippen molar-refractivity contribution in [2.24, 2.45) is 0 Å². The summed E-state index contributed by atoms with van der Waals surface area (Å²) in [6.45, 7) is 0.453.